The van der Waals surface area contributed by atoms with Gasteiger partial charge in [-0.05, 0) is 25.1 Å². The van der Waals surface area contributed by atoms with Gasteiger partial charge in [0.15, 0.2) is 0 Å². The molecule has 4 heteroatoms. The van der Waals surface area contributed by atoms with Crippen molar-refractivity contribution in [3.8, 4) is 5.75 Å². The third kappa shape index (κ3) is 2.63. The van der Waals surface area contributed by atoms with E-state index in [0.717, 1.165) is 11.1 Å². The second kappa shape index (κ2) is 5.38. The molecule has 2 rings (SSSR count). The molecule has 3 nitrogen and oxygen atoms in total. The third-order valence-corrected chi connectivity index (χ3v) is 2.97. The lowest BCUT2D eigenvalue weighted by molar-refractivity contribution is 0.214. The molecule has 1 aromatic heterocycles. The van der Waals surface area contributed by atoms with Crippen molar-refractivity contribution in [1.82, 2.24) is 4.98 Å². The zero-order valence-corrected chi connectivity index (χ0v) is 11.0. The second-order valence-corrected chi connectivity index (χ2v) is 4.45. The van der Waals surface area contributed by atoms with Gasteiger partial charge in [-0.1, -0.05) is 29.3 Å². The van der Waals surface area contributed by atoms with Crippen molar-refractivity contribution in [2.75, 3.05) is 7.11 Å². The first-order valence-electron chi connectivity index (χ1n) is 5.56. The van der Waals surface area contributed by atoms with E-state index in [-0.39, 0.29) is 0 Å². The number of halogens is 1. The van der Waals surface area contributed by atoms with E-state index in [9.17, 15) is 5.11 Å². The molecule has 0 aliphatic rings. The van der Waals surface area contributed by atoms with E-state index >= 15 is 0 Å². The molecular formula is C14H14ClNO2. The molecule has 0 aliphatic carbocycles. The van der Waals surface area contributed by atoms with Crippen LogP contribution in [0.25, 0.3) is 0 Å². The Hall–Kier alpha value is -1.58. The van der Waals surface area contributed by atoms with Gasteiger partial charge in [0.1, 0.15) is 17.0 Å². The summed E-state index contributed by atoms with van der Waals surface area (Å²) in [5, 5.41) is 10.8. The highest BCUT2D eigenvalue weighted by atomic mass is 35.5. The maximum absolute atomic E-state index is 10.4. The number of rotatable bonds is 3. The summed E-state index contributed by atoms with van der Waals surface area (Å²) in [5.74, 6) is 0.656. The summed E-state index contributed by atoms with van der Waals surface area (Å²) in [7, 11) is 1.58. The van der Waals surface area contributed by atoms with Crippen molar-refractivity contribution in [3.05, 3.63) is 58.4 Å². The van der Waals surface area contributed by atoms with Gasteiger partial charge in [-0.3, -0.25) is 0 Å². The maximum atomic E-state index is 10.4. The molecule has 0 fully saturated rings. The molecule has 1 atom stereocenters. The zero-order valence-electron chi connectivity index (χ0n) is 10.2. The van der Waals surface area contributed by atoms with Crippen LogP contribution in [0.3, 0.4) is 0 Å². The van der Waals surface area contributed by atoms with Gasteiger partial charge >= 0.3 is 0 Å². The first-order valence-corrected chi connectivity index (χ1v) is 5.93. The molecule has 94 valence electrons. The molecule has 18 heavy (non-hydrogen) atoms. The molecule has 0 saturated carbocycles. The van der Waals surface area contributed by atoms with E-state index in [1.807, 2.05) is 25.1 Å². The van der Waals surface area contributed by atoms with Gasteiger partial charge in [-0.2, -0.15) is 0 Å². The lowest BCUT2D eigenvalue weighted by Gasteiger charge is -2.15. The Morgan fingerprint density at radius 3 is 2.67 bits per heavy atom. The molecule has 2 aromatic rings. The van der Waals surface area contributed by atoms with E-state index in [1.165, 1.54) is 0 Å². The maximum Gasteiger partial charge on any atom is 0.129 e. The van der Waals surface area contributed by atoms with Crippen LogP contribution in [0, 0.1) is 6.92 Å². The number of aromatic nitrogens is 1. The van der Waals surface area contributed by atoms with Gasteiger partial charge in [-0.15, -0.1) is 0 Å². The number of benzene rings is 1. The van der Waals surface area contributed by atoms with E-state index < -0.39 is 6.10 Å². The Bertz CT molecular complexity index is 540. The van der Waals surface area contributed by atoms with Crippen molar-refractivity contribution in [3.63, 3.8) is 0 Å². The normalized spacial score (nSPS) is 12.2. The van der Waals surface area contributed by atoms with Crippen molar-refractivity contribution < 1.29 is 9.84 Å². The highest BCUT2D eigenvalue weighted by Crippen LogP contribution is 2.30. The van der Waals surface area contributed by atoms with Gasteiger partial charge in [0.2, 0.25) is 0 Å². The predicted molar refractivity (Wildman–Crippen MR) is 71.0 cm³/mol. The SMILES string of the molecule is COc1ccc(C)cc1C(O)c1ccc(Cl)nc1. The quantitative estimate of drug-likeness (QED) is 0.865. The van der Waals surface area contributed by atoms with Gasteiger partial charge in [0.05, 0.1) is 7.11 Å². The number of nitrogens with zero attached hydrogens (tertiary/aromatic N) is 1. The summed E-state index contributed by atoms with van der Waals surface area (Å²) in [6, 6.07) is 9.09. The van der Waals surface area contributed by atoms with Crippen LogP contribution in [0.15, 0.2) is 36.5 Å². The molecule has 1 N–H and O–H groups in total. The summed E-state index contributed by atoms with van der Waals surface area (Å²) in [6.07, 6.45) is 0.791. The Morgan fingerprint density at radius 2 is 2.06 bits per heavy atom. The summed E-state index contributed by atoms with van der Waals surface area (Å²) >= 11 is 5.73. The number of pyridine rings is 1. The fraction of sp³-hybridized carbons (Fsp3) is 0.214. The van der Waals surface area contributed by atoms with Crippen molar-refractivity contribution >= 4 is 11.6 Å². The molecule has 0 radical (unpaired) electrons. The number of ether oxygens (including phenoxy) is 1. The number of hydrogen-bond donors (Lipinski definition) is 1. The monoisotopic (exact) mass is 263 g/mol. The molecular weight excluding hydrogens is 250 g/mol. The summed E-state index contributed by atoms with van der Waals surface area (Å²) in [5.41, 5.74) is 2.47. The molecule has 0 amide bonds. The Balaban J connectivity index is 2.41. The van der Waals surface area contributed by atoms with Crippen molar-refractivity contribution in [2.24, 2.45) is 0 Å². The Kier molecular flexibility index (Phi) is 3.84. The number of aliphatic hydroxyl groups excluding tert-OH is 1. The minimum Gasteiger partial charge on any atom is -0.496 e. The number of aryl methyl sites for hydroxylation is 1. The van der Waals surface area contributed by atoms with Crippen LogP contribution in [-0.4, -0.2) is 17.2 Å². The largest absolute Gasteiger partial charge is 0.496 e. The molecule has 1 unspecified atom stereocenters. The summed E-state index contributed by atoms with van der Waals surface area (Å²) < 4.78 is 5.26. The molecule has 1 aromatic carbocycles. The number of aliphatic hydroxyl groups is 1. The van der Waals surface area contributed by atoms with Gasteiger partial charge < -0.3 is 9.84 Å². The van der Waals surface area contributed by atoms with E-state index in [4.69, 9.17) is 16.3 Å². The highest BCUT2D eigenvalue weighted by molar-refractivity contribution is 6.29. The predicted octanol–water partition coefficient (Wildman–Crippen LogP) is 3.13. The highest BCUT2D eigenvalue weighted by Gasteiger charge is 2.15. The summed E-state index contributed by atoms with van der Waals surface area (Å²) in [4.78, 5) is 3.97. The summed E-state index contributed by atoms with van der Waals surface area (Å²) in [6.45, 7) is 1.97. The standard InChI is InChI=1S/C14H14ClNO2/c1-9-3-5-12(18-2)11(7-9)14(17)10-4-6-13(15)16-8-10/h3-8,14,17H,1-2H3. The van der Waals surface area contributed by atoms with Crippen LogP contribution in [0.4, 0.5) is 0 Å². The van der Waals surface area contributed by atoms with Crippen LogP contribution in [0.5, 0.6) is 5.75 Å². The Morgan fingerprint density at radius 1 is 1.28 bits per heavy atom. The van der Waals surface area contributed by atoms with Gasteiger partial charge in [0.25, 0.3) is 0 Å². The van der Waals surface area contributed by atoms with E-state index in [0.29, 0.717) is 16.5 Å². The van der Waals surface area contributed by atoms with Crippen molar-refractivity contribution in [2.45, 2.75) is 13.0 Å². The van der Waals surface area contributed by atoms with E-state index in [2.05, 4.69) is 4.98 Å². The average molecular weight is 264 g/mol. The van der Waals surface area contributed by atoms with Crippen LogP contribution in [0.2, 0.25) is 5.15 Å². The minimum atomic E-state index is -0.774. The van der Waals surface area contributed by atoms with Crippen LogP contribution in [-0.2, 0) is 0 Å². The minimum absolute atomic E-state index is 0.405. The Labute approximate surface area is 111 Å². The van der Waals surface area contributed by atoms with E-state index in [1.54, 1.807) is 25.4 Å². The molecule has 0 saturated heterocycles. The molecule has 0 aliphatic heterocycles. The lowest BCUT2D eigenvalue weighted by Crippen LogP contribution is -2.03. The second-order valence-electron chi connectivity index (χ2n) is 4.06. The molecule has 0 spiro atoms. The van der Waals surface area contributed by atoms with Crippen molar-refractivity contribution in [1.29, 1.82) is 0 Å². The average Bonchev–Trinajstić information content (AvgIpc) is 2.39. The van der Waals surface area contributed by atoms with Crippen LogP contribution in [0.1, 0.15) is 22.8 Å². The molecule has 0 bridgehead atoms. The smallest absolute Gasteiger partial charge is 0.129 e. The lowest BCUT2D eigenvalue weighted by atomic mass is 10.0. The van der Waals surface area contributed by atoms with Gasteiger partial charge in [0, 0.05) is 17.3 Å². The zero-order chi connectivity index (χ0) is 13.1. The molecule has 1 heterocycles. The fourth-order valence-corrected chi connectivity index (χ4v) is 1.91. The van der Waals surface area contributed by atoms with Gasteiger partial charge in [-0.25, -0.2) is 4.98 Å². The third-order valence-electron chi connectivity index (χ3n) is 2.75. The fourth-order valence-electron chi connectivity index (χ4n) is 1.80. The number of hydrogen-bond acceptors (Lipinski definition) is 3. The first-order chi connectivity index (χ1) is 8.61. The topological polar surface area (TPSA) is 42.4 Å². The first kappa shape index (κ1) is 12.9. The van der Waals surface area contributed by atoms with Crippen LogP contribution >= 0.6 is 11.6 Å². The van der Waals surface area contributed by atoms with Crippen LogP contribution < -0.4 is 4.74 Å². The number of methoxy groups -OCH3 is 1.